The molecule has 0 saturated heterocycles. The van der Waals surface area contributed by atoms with Crippen LogP contribution >= 0.6 is 0 Å². The van der Waals surface area contributed by atoms with Crippen LogP contribution in [0.2, 0.25) is 0 Å². The summed E-state index contributed by atoms with van der Waals surface area (Å²) in [6, 6.07) is 5.98. The minimum atomic E-state index is -0.147. The molecule has 18 heavy (non-hydrogen) atoms. The van der Waals surface area contributed by atoms with Gasteiger partial charge in [-0.25, -0.2) is 0 Å². The number of amides is 2. The van der Waals surface area contributed by atoms with Crippen molar-refractivity contribution in [1.29, 1.82) is 0 Å². The molecule has 0 radical (unpaired) electrons. The molecule has 0 saturated carbocycles. The van der Waals surface area contributed by atoms with Crippen LogP contribution in [0.5, 0.6) is 0 Å². The highest BCUT2D eigenvalue weighted by Crippen LogP contribution is 2.28. The maximum atomic E-state index is 11.5. The molecule has 1 heterocycles. The summed E-state index contributed by atoms with van der Waals surface area (Å²) in [5.41, 5.74) is 8.36. The highest BCUT2D eigenvalue weighted by atomic mass is 16.2. The Labute approximate surface area is 106 Å². The van der Waals surface area contributed by atoms with Crippen molar-refractivity contribution in [3.05, 3.63) is 29.3 Å². The van der Waals surface area contributed by atoms with Gasteiger partial charge >= 0.3 is 0 Å². The number of carbonyl (C=O) groups is 2. The molecule has 0 aromatic heterocycles. The van der Waals surface area contributed by atoms with Crippen molar-refractivity contribution in [3.8, 4) is 0 Å². The summed E-state index contributed by atoms with van der Waals surface area (Å²) in [7, 11) is 1.79. The smallest absolute Gasteiger partial charge is 0.233 e. The average Bonchev–Trinajstić information content (AvgIpc) is 2.64. The van der Waals surface area contributed by atoms with E-state index in [0.29, 0.717) is 13.0 Å². The van der Waals surface area contributed by atoms with E-state index in [1.165, 1.54) is 0 Å². The molecule has 1 aliphatic heterocycles. The Balaban J connectivity index is 1.98. The van der Waals surface area contributed by atoms with E-state index >= 15 is 0 Å². The number of nitrogens with zero attached hydrogens (tertiary/aromatic N) is 1. The number of likely N-dealkylation sites (N-methyl/N-ethyl adjacent to an activating group) is 1. The standard InChI is InChI=1S/C13H17N3O2/c1-16-11-3-2-9(4-5-15-12(17)8-14)6-10(11)7-13(16)18/h2-3,6H,4-5,7-8,14H2,1H3,(H,15,17). The van der Waals surface area contributed by atoms with Gasteiger partial charge in [-0.2, -0.15) is 0 Å². The highest BCUT2D eigenvalue weighted by Gasteiger charge is 2.23. The molecule has 1 aromatic rings. The zero-order valence-electron chi connectivity index (χ0n) is 10.4. The van der Waals surface area contributed by atoms with Crippen molar-refractivity contribution in [3.63, 3.8) is 0 Å². The number of benzene rings is 1. The number of hydrogen-bond acceptors (Lipinski definition) is 3. The van der Waals surface area contributed by atoms with Crippen molar-refractivity contribution >= 4 is 17.5 Å². The second-order valence-electron chi connectivity index (χ2n) is 4.40. The van der Waals surface area contributed by atoms with E-state index in [1.807, 2.05) is 18.2 Å². The zero-order chi connectivity index (χ0) is 13.1. The second-order valence-corrected chi connectivity index (χ2v) is 4.40. The second kappa shape index (κ2) is 5.18. The third kappa shape index (κ3) is 2.51. The van der Waals surface area contributed by atoms with Gasteiger partial charge in [0, 0.05) is 19.3 Å². The number of nitrogens with two attached hydrogens (primary N) is 1. The van der Waals surface area contributed by atoms with E-state index in [4.69, 9.17) is 5.73 Å². The fourth-order valence-corrected chi connectivity index (χ4v) is 2.10. The van der Waals surface area contributed by atoms with Gasteiger partial charge in [-0.15, -0.1) is 0 Å². The van der Waals surface area contributed by atoms with Gasteiger partial charge in [0.15, 0.2) is 0 Å². The Bertz CT molecular complexity index is 485. The van der Waals surface area contributed by atoms with E-state index in [1.54, 1.807) is 11.9 Å². The summed E-state index contributed by atoms with van der Waals surface area (Å²) in [4.78, 5) is 24.2. The van der Waals surface area contributed by atoms with Crippen LogP contribution in [0.4, 0.5) is 5.69 Å². The van der Waals surface area contributed by atoms with Crippen LogP contribution in [-0.2, 0) is 22.4 Å². The molecule has 3 N–H and O–H groups in total. The predicted octanol–water partition coefficient (Wildman–Crippen LogP) is -0.177. The lowest BCUT2D eigenvalue weighted by Gasteiger charge is -2.10. The number of nitrogens with one attached hydrogen (secondary N) is 1. The molecule has 0 bridgehead atoms. The van der Waals surface area contributed by atoms with Gasteiger partial charge in [-0.1, -0.05) is 12.1 Å². The van der Waals surface area contributed by atoms with E-state index in [2.05, 4.69) is 5.32 Å². The maximum absolute atomic E-state index is 11.5. The number of anilines is 1. The minimum absolute atomic E-state index is 0.0173. The SMILES string of the molecule is CN1C(=O)Cc2cc(CCNC(=O)CN)ccc21. The Hall–Kier alpha value is -1.88. The molecule has 0 aliphatic carbocycles. The lowest BCUT2D eigenvalue weighted by molar-refractivity contribution is -0.119. The van der Waals surface area contributed by atoms with Crippen molar-refractivity contribution in [2.24, 2.45) is 5.73 Å². The van der Waals surface area contributed by atoms with Gasteiger partial charge in [0.2, 0.25) is 11.8 Å². The largest absolute Gasteiger partial charge is 0.355 e. The van der Waals surface area contributed by atoms with Crippen molar-refractivity contribution < 1.29 is 9.59 Å². The van der Waals surface area contributed by atoms with Gasteiger partial charge < -0.3 is 16.0 Å². The normalized spacial score (nSPS) is 13.7. The summed E-state index contributed by atoms with van der Waals surface area (Å²) in [5, 5.41) is 2.72. The van der Waals surface area contributed by atoms with E-state index in [0.717, 1.165) is 23.2 Å². The summed E-state index contributed by atoms with van der Waals surface area (Å²) >= 11 is 0. The molecule has 1 aromatic carbocycles. The fraction of sp³-hybridized carbons (Fsp3) is 0.385. The molecule has 5 nitrogen and oxygen atoms in total. The number of carbonyl (C=O) groups excluding carboxylic acids is 2. The molecule has 2 rings (SSSR count). The third-order valence-corrected chi connectivity index (χ3v) is 3.14. The van der Waals surface area contributed by atoms with Gasteiger partial charge in [-0.05, 0) is 23.6 Å². The van der Waals surface area contributed by atoms with Crippen LogP contribution in [0, 0.1) is 0 Å². The van der Waals surface area contributed by atoms with E-state index in [-0.39, 0.29) is 18.4 Å². The molecule has 5 heteroatoms. The summed E-state index contributed by atoms with van der Waals surface area (Å²) < 4.78 is 0. The third-order valence-electron chi connectivity index (χ3n) is 3.14. The maximum Gasteiger partial charge on any atom is 0.233 e. The van der Waals surface area contributed by atoms with Crippen LogP contribution in [0.25, 0.3) is 0 Å². The number of rotatable bonds is 4. The fourth-order valence-electron chi connectivity index (χ4n) is 2.10. The molecule has 0 unspecified atom stereocenters. The number of hydrogen-bond donors (Lipinski definition) is 2. The highest BCUT2D eigenvalue weighted by molar-refractivity contribution is 6.00. The first-order valence-electron chi connectivity index (χ1n) is 5.97. The molecule has 0 fully saturated rings. The van der Waals surface area contributed by atoms with Crippen LogP contribution in [0.3, 0.4) is 0 Å². The summed E-state index contributed by atoms with van der Waals surface area (Å²) in [6.07, 6.45) is 1.21. The Morgan fingerprint density at radius 3 is 3.00 bits per heavy atom. The first-order chi connectivity index (χ1) is 8.61. The zero-order valence-corrected chi connectivity index (χ0v) is 10.4. The monoisotopic (exact) mass is 247 g/mol. The van der Waals surface area contributed by atoms with Gasteiger partial charge in [0.1, 0.15) is 0 Å². The molecule has 0 atom stereocenters. The van der Waals surface area contributed by atoms with Crippen molar-refractivity contribution in [1.82, 2.24) is 5.32 Å². The summed E-state index contributed by atoms with van der Waals surface area (Å²) in [5.74, 6) is -0.0235. The molecule has 1 aliphatic rings. The topological polar surface area (TPSA) is 75.4 Å². The molecule has 0 spiro atoms. The lowest BCUT2D eigenvalue weighted by Crippen LogP contribution is -2.31. The summed E-state index contributed by atoms with van der Waals surface area (Å²) in [6.45, 7) is 0.585. The van der Waals surface area contributed by atoms with Crippen molar-refractivity contribution in [2.75, 3.05) is 25.0 Å². The quantitative estimate of drug-likeness (QED) is 0.775. The molecular formula is C13H17N3O2. The first-order valence-corrected chi connectivity index (χ1v) is 5.97. The van der Waals surface area contributed by atoms with Crippen LogP contribution < -0.4 is 16.0 Å². The van der Waals surface area contributed by atoms with Gasteiger partial charge in [0.05, 0.1) is 13.0 Å². The van der Waals surface area contributed by atoms with Crippen LogP contribution in [0.1, 0.15) is 11.1 Å². The van der Waals surface area contributed by atoms with E-state index < -0.39 is 0 Å². The van der Waals surface area contributed by atoms with Crippen LogP contribution in [0.15, 0.2) is 18.2 Å². The van der Waals surface area contributed by atoms with Gasteiger partial charge in [-0.3, -0.25) is 9.59 Å². The number of fused-ring (bicyclic) bond motifs is 1. The lowest BCUT2D eigenvalue weighted by atomic mass is 10.1. The first kappa shape index (κ1) is 12.6. The molecule has 2 amide bonds. The Morgan fingerprint density at radius 2 is 2.28 bits per heavy atom. The van der Waals surface area contributed by atoms with Crippen molar-refractivity contribution in [2.45, 2.75) is 12.8 Å². The Kier molecular flexibility index (Phi) is 3.62. The molecular weight excluding hydrogens is 230 g/mol. The van der Waals surface area contributed by atoms with Crippen LogP contribution in [-0.4, -0.2) is 32.0 Å². The predicted molar refractivity (Wildman–Crippen MR) is 69.3 cm³/mol. The van der Waals surface area contributed by atoms with Gasteiger partial charge in [0.25, 0.3) is 0 Å². The average molecular weight is 247 g/mol. The molecule has 96 valence electrons. The minimum Gasteiger partial charge on any atom is -0.355 e. The Morgan fingerprint density at radius 1 is 1.50 bits per heavy atom. The van der Waals surface area contributed by atoms with E-state index in [9.17, 15) is 9.59 Å².